The fourth-order valence-corrected chi connectivity index (χ4v) is 3.87. The Bertz CT molecular complexity index is 719. The number of nitrogens with one attached hydrogen (secondary N) is 1. The lowest BCUT2D eigenvalue weighted by Gasteiger charge is -2.28. The number of nitrogens with zero attached hydrogens (tertiary/aromatic N) is 1. The van der Waals surface area contributed by atoms with Gasteiger partial charge in [0.2, 0.25) is 11.8 Å². The molecule has 128 valence electrons. The van der Waals surface area contributed by atoms with Crippen LogP contribution in [0.4, 0.5) is 0 Å². The average molecular weight is 332 g/mol. The molecule has 1 aromatic carbocycles. The van der Waals surface area contributed by atoms with Crippen LogP contribution in [-0.4, -0.2) is 49.5 Å². The standard InChI is InChI=1S/C17H20N2O5/c1-17(16(22)24-4)12-11(14(20)19(2)15(12)21)13(18-17)9-7-5-6-8-10(9)23-3/h5-8,11-13,18H,1-4H3/t11-,12+,13+,17+/m0/s1. The van der Waals surface area contributed by atoms with Gasteiger partial charge in [0.1, 0.15) is 11.3 Å². The van der Waals surface area contributed by atoms with Crippen LogP contribution in [0.1, 0.15) is 18.5 Å². The second kappa shape index (κ2) is 5.59. The number of para-hydroxylation sites is 1. The number of esters is 1. The van der Waals surface area contributed by atoms with E-state index in [9.17, 15) is 14.4 Å². The van der Waals surface area contributed by atoms with Crippen LogP contribution < -0.4 is 10.1 Å². The third-order valence-corrected chi connectivity index (χ3v) is 5.09. The molecule has 7 nitrogen and oxygen atoms in total. The quantitative estimate of drug-likeness (QED) is 0.641. The van der Waals surface area contributed by atoms with Crippen LogP contribution in [0.15, 0.2) is 24.3 Å². The Morgan fingerprint density at radius 3 is 2.50 bits per heavy atom. The molecular weight excluding hydrogens is 312 g/mol. The third-order valence-electron chi connectivity index (χ3n) is 5.09. The topological polar surface area (TPSA) is 84.9 Å². The van der Waals surface area contributed by atoms with Crippen LogP contribution in [0.3, 0.4) is 0 Å². The van der Waals surface area contributed by atoms with Crippen LogP contribution in [0.5, 0.6) is 5.75 Å². The molecule has 2 amide bonds. The first-order valence-electron chi connectivity index (χ1n) is 7.67. The van der Waals surface area contributed by atoms with Gasteiger partial charge in [0.15, 0.2) is 0 Å². The fourth-order valence-electron chi connectivity index (χ4n) is 3.87. The summed E-state index contributed by atoms with van der Waals surface area (Å²) in [6.45, 7) is 1.61. The van der Waals surface area contributed by atoms with Crippen LogP contribution in [-0.2, 0) is 19.1 Å². The van der Waals surface area contributed by atoms with Crippen molar-refractivity contribution in [2.45, 2.75) is 18.5 Å². The molecule has 2 fully saturated rings. The molecular formula is C17H20N2O5. The SMILES string of the molecule is COC(=O)[C@]1(C)N[C@H](c2ccccc2OC)[C@H]2C(=O)N(C)C(=O)[C@@H]21. The van der Waals surface area contributed by atoms with Crippen molar-refractivity contribution in [3.63, 3.8) is 0 Å². The van der Waals surface area contributed by atoms with E-state index in [4.69, 9.17) is 9.47 Å². The van der Waals surface area contributed by atoms with Crippen LogP contribution >= 0.6 is 0 Å². The van der Waals surface area contributed by atoms with Gasteiger partial charge >= 0.3 is 5.97 Å². The van der Waals surface area contributed by atoms with Crippen molar-refractivity contribution in [2.75, 3.05) is 21.3 Å². The summed E-state index contributed by atoms with van der Waals surface area (Å²) in [5.74, 6) is -2.13. The first-order valence-corrected chi connectivity index (χ1v) is 7.67. The van der Waals surface area contributed by atoms with Gasteiger partial charge in [0.05, 0.1) is 26.1 Å². The van der Waals surface area contributed by atoms with Crippen LogP contribution in [0.25, 0.3) is 0 Å². The lowest BCUT2D eigenvalue weighted by atomic mass is 9.80. The number of carbonyl (C=O) groups is 3. The van der Waals surface area contributed by atoms with Gasteiger partial charge in [-0.15, -0.1) is 0 Å². The van der Waals surface area contributed by atoms with Gasteiger partial charge in [-0.25, -0.2) is 0 Å². The molecule has 1 aromatic rings. The number of methoxy groups -OCH3 is 2. The van der Waals surface area contributed by atoms with Gasteiger partial charge in [-0.2, -0.15) is 0 Å². The molecule has 0 aliphatic carbocycles. The van der Waals surface area contributed by atoms with Crippen molar-refractivity contribution in [2.24, 2.45) is 11.8 Å². The highest BCUT2D eigenvalue weighted by Crippen LogP contribution is 2.49. The highest BCUT2D eigenvalue weighted by molar-refractivity contribution is 6.09. The number of rotatable bonds is 3. The Kier molecular flexibility index (Phi) is 3.83. The normalized spacial score (nSPS) is 32.0. The number of carbonyl (C=O) groups excluding carboxylic acids is 3. The van der Waals surface area contributed by atoms with Gasteiger partial charge in [-0.05, 0) is 13.0 Å². The Morgan fingerprint density at radius 2 is 1.88 bits per heavy atom. The van der Waals surface area contributed by atoms with Crippen molar-refractivity contribution in [3.8, 4) is 5.75 Å². The molecule has 2 aliphatic heterocycles. The molecule has 0 unspecified atom stereocenters. The van der Waals surface area contributed by atoms with E-state index in [-0.39, 0.29) is 11.8 Å². The molecule has 2 saturated heterocycles. The molecule has 24 heavy (non-hydrogen) atoms. The minimum absolute atomic E-state index is 0.305. The molecule has 4 atom stereocenters. The summed E-state index contributed by atoms with van der Waals surface area (Å²) in [4.78, 5) is 38.7. The molecule has 7 heteroatoms. The first kappa shape index (κ1) is 16.4. The monoisotopic (exact) mass is 332 g/mol. The maximum absolute atomic E-state index is 12.7. The molecule has 0 aromatic heterocycles. The van der Waals surface area contributed by atoms with Gasteiger partial charge in [0.25, 0.3) is 0 Å². The predicted octanol–water partition coefficient (Wildman–Crippen LogP) is 0.502. The number of hydrogen-bond acceptors (Lipinski definition) is 6. The molecule has 0 spiro atoms. The predicted molar refractivity (Wildman–Crippen MR) is 84.0 cm³/mol. The number of fused-ring (bicyclic) bond motifs is 1. The van der Waals surface area contributed by atoms with E-state index in [0.29, 0.717) is 5.75 Å². The summed E-state index contributed by atoms with van der Waals surface area (Å²) in [7, 11) is 4.25. The summed E-state index contributed by atoms with van der Waals surface area (Å²) in [5, 5.41) is 3.17. The highest BCUT2D eigenvalue weighted by atomic mass is 16.5. The minimum Gasteiger partial charge on any atom is -0.496 e. The number of likely N-dealkylation sites (tertiary alicyclic amines) is 1. The second-order valence-corrected chi connectivity index (χ2v) is 6.30. The van der Waals surface area contributed by atoms with Crippen LogP contribution in [0.2, 0.25) is 0 Å². The van der Waals surface area contributed by atoms with Crippen LogP contribution in [0, 0.1) is 11.8 Å². The molecule has 0 radical (unpaired) electrons. The van der Waals surface area contributed by atoms with Gasteiger partial charge in [-0.1, -0.05) is 18.2 Å². The zero-order chi connectivity index (χ0) is 17.6. The zero-order valence-electron chi connectivity index (χ0n) is 14.0. The summed E-state index contributed by atoms with van der Waals surface area (Å²) < 4.78 is 10.3. The van der Waals surface area contributed by atoms with Crippen molar-refractivity contribution in [1.29, 1.82) is 0 Å². The van der Waals surface area contributed by atoms with Gasteiger partial charge < -0.3 is 9.47 Å². The Morgan fingerprint density at radius 1 is 1.21 bits per heavy atom. The van der Waals surface area contributed by atoms with E-state index in [1.807, 2.05) is 18.2 Å². The molecule has 2 aliphatic rings. The average Bonchev–Trinajstić information content (AvgIpc) is 3.04. The highest BCUT2D eigenvalue weighted by Gasteiger charge is 2.66. The van der Waals surface area contributed by atoms with E-state index in [0.717, 1.165) is 10.5 Å². The first-order chi connectivity index (χ1) is 11.4. The molecule has 1 N–H and O–H groups in total. The lowest BCUT2D eigenvalue weighted by molar-refractivity contribution is -0.152. The summed E-state index contributed by atoms with van der Waals surface area (Å²) in [6, 6.07) is 6.74. The van der Waals surface area contributed by atoms with E-state index in [1.165, 1.54) is 14.2 Å². The van der Waals surface area contributed by atoms with Crippen molar-refractivity contribution in [1.82, 2.24) is 10.2 Å². The van der Waals surface area contributed by atoms with Gasteiger partial charge in [0, 0.05) is 18.7 Å². The largest absolute Gasteiger partial charge is 0.496 e. The van der Waals surface area contributed by atoms with E-state index in [2.05, 4.69) is 5.32 Å². The van der Waals surface area contributed by atoms with Crippen molar-refractivity contribution >= 4 is 17.8 Å². The third kappa shape index (κ3) is 2.04. The Balaban J connectivity index is 2.14. The van der Waals surface area contributed by atoms with E-state index >= 15 is 0 Å². The smallest absolute Gasteiger partial charge is 0.326 e. The number of ether oxygens (including phenoxy) is 2. The Labute approximate surface area is 139 Å². The number of imide groups is 1. The number of benzene rings is 1. The maximum atomic E-state index is 12.7. The zero-order valence-corrected chi connectivity index (χ0v) is 14.0. The summed E-state index contributed by atoms with van der Waals surface area (Å²) >= 11 is 0. The lowest BCUT2D eigenvalue weighted by Crippen LogP contribution is -2.53. The molecule has 0 saturated carbocycles. The fraction of sp³-hybridized carbons (Fsp3) is 0.471. The van der Waals surface area contributed by atoms with Crippen molar-refractivity contribution < 1.29 is 23.9 Å². The number of hydrogen-bond donors (Lipinski definition) is 1. The maximum Gasteiger partial charge on any atom is 0.326 e. The minimum atomic E-state index is -1.28. The van der Waals surface area contributed by atoms with E-state index < -0.39 is 29.4 Å². The second-order valence-electron chi connectivity index (χ2n) is 6.30. The summed E-state index contributed by atoms with van der Waals surface area (Å²) in [5.41, 5.74) is -0.540. The van der Waals surface area contributed by atoms with E-state index in [1.54, 1.807) is 20.1 Å². The summed E-state index contributed by atoms with van der Waals surface area (Å²) in [6.07, 6.45) is 0. The Hall–Kier alpha value is -2.41. The number of amides is 2. The molecule has 0 bridgehead atoms. The van der Waals surface area contributed by atoms with Crippen molar-refractivity contribution in [3.05, 3.63) is 29.8 Å². The van der Waals surface area contributed by atoms with Gasteiger partial charge in [-0.3, -0.25) is 24.6 Å². The molecule has 3 rings (SSSR count). The molecule has 2 heterocycles.